The number of aryl methyl sites for hydroxylation is 1. The monoisotopic (exact) mass is 244 g/mol. The van der Waals surface area contributed by atoms with E-state index in [-0.39, 0.29) is 6.61 Å². The number of benzene rings is 1. The highest BCUT2D eigenvalue weighted by Crippen LogP contribution is 2.10. The zero-order valence-electron chi connectivity index (χ0n) is 10.4. The van der Waals surface area contributed by atoms with E-state index in [0.717, 1.165) is 11.1 Å². The molecule has 0 saturated heterocycles. The van der Waals surface area contributed by atoms with E-state index in [4.69, 9.17) is 10.00 Å². The van der Waals surface area contributed by atoms with Crippen molar-refractivity contribution < 1.29 is 9.53 Å². The fourth-order valence-electron chi connectivity index (χ4n) is 1.53. The van der Waals surface area contributed by atoms with Crippen molar-refractivity contribution in [2.24, 2.45) is 0 Å². The van der Waals surface area contributed by atoms with Gasteiger partial charge in [0.1, 0.15) is 6.61 Å². The van der Waals surface area contributed by atoms with Gasteiger partial charge in [-0.1, -0.05) is 18.7 Å². The highest BCUT2D eigenvalue weighted by atomic mass is 16.5. The van der Waals surface area contributed by atoms with Crippen molar-refractivity contribution in [3.8, 4) is 6.07 Å². The van der Waals surface area contributed by atoms with Gasteiger partial charge in [0.15, 0.2) is 0 Å². The average molecular weight is 244 g/mol. The fourth-order valence-corrected chi connectivity index (χ4v) is 1.53. The Labute approximate surface area is 107 Å². The van der Waals surface area contributed by atoms with Crippen molar-refractivity contribution in [1.29, 1.82) is 5.26 Å². The Hall–Kier alpha value is -2.28. The number of carbonyl (C=O) groups excluding carboxylic acids is 1. The summed E-state index contributed by atoms with van der Waals surface area (Å²) in [6.45, 7) is 6.12. The third-order valence-corrected chi connectivity index (χ3v) is 2.47. The highest BCUT2D eigenvalue weighted by Gasteiger charge is 2.02. The molecule has 0 radical (unpaired) electrons. The van der Waals surface area contributed by atoms with Crippen LogP contribution in [0.15, 0.2) is 30.9 Å². The average Bonchev–Trinajstić information content (AvgIpc) is 2.38. The van der Waals surface area contributed by atoms with Crippen LogP contribution in [0.25, 0.3) is 0 Å². The van der Waals surface area contributed by atoms with Gasteiger partial charge in [0.05, 0.1) is 11.6 Å². The quantitative estimate of drug-likeness (QED) is 0.808. The van der Waals surface area contributed by atoms with Gasteiger partial charge in [-0.05, 0) is 36.6 Å². The third-order valence-electron chi connectivity index (χ3n) is 2.47. The molecular formula is C14H16N2O2. The molecule has 0 heterocycles. The van der Waals surface area contributed by atoms with Crippen LogP contribution in [-0.2, 0) is 11.2 Å². The van der Waals surface area contributed by atoms with E-state index in [1.54, 1.807) is 6.07 Å². The second kappa shape index (κ2) is 7.13. The summed E-state index contributed by atoms with van der Waals surface area (Å²) < 4.78 is 4.78. The van der Waals surface area contributed by atoms with Crippen LogP contribution in [0.5, 0.6) is 0 Å². The zero-order valence-corrected chi connectivity index (χ0v) is 10.4. The maximum absolute atomic E-state index is 11.2. The standard InChI is InChI=1S/C14H16N2O2/c1-3-8-18-14(17)16-7-6-13-5-4-12(10-15)9-11(13)2/h3-5,9H,1,6-8H2,2H3,(H,16,17). The van der Waals surface area contributed by atoms with Crippen LogP contribution in [0, 0.1) is 18.3 Å². The third kappa shape index (κ3) is 4.30. The Bertz CT molecular complexity index is 475. The summed E-state index contributed by atoms with van der Waals surface area (Å²) in [6, 6.07) is 7.62. The number of hydrogen-bond acceptors (Lipinski definition) is 3. The van der Waals surface area contributed by atoms with Crippen molar-refractivity contribution in [2.45, 2.75) is 13.3 Å². The normalized spacial score (nSPS) is 9.33. The summed E-state index contributed by atoms with van der Waals surface area (Å²) >= 11 is 0. The number of rotatable bonds is 5. The topological polar surface area (TPSA) is 62.1 Å². The van der Waals surface area contributed by atoms with Gasteiger partial charge in [0, 0.05) is 6.54 Å². The van der Waals surface area contributed by atoms with Crippen LogP contribution >= 0.6 is 0 Å². The molecule has 0 aromatic heterocycles. The van der Waals surface area contributed by atoms with Gasteiger partial charge in [-0.3, -0.25) is 0 Å². The molecule has 0 atom stereocenters. The maximum Gasteiger partial charge on any atom is 0.407 e. The fraction of sp³-hybridized carbons (Fsp3) is 0.286. The van der Waals surface area contributed by atoms with Crippen LogP contribution in [0.2, 0.25) is 0 Å². The van der Waals surface area contributed by atoms with E-state index in [9.17, 15) is 4.79 Å². The van der Waals surface area contributed by atoms with Gasteiger partial charge < -0.3 is 10.1 Å². The minimum absolute atomic E-state index is 0.210. The summed E-state index contributed by atoms with van der Waals surface area (Å²) in [4.78, 5) is 11.2. The van der Waals surface area contributed by atoms with Crippen molar-refractivity contribution in [3.05, 3.63) is 47.5 Å². The van der Waals surface area contributed by atoms with Crippen LogP contribution in [0.3, 0.4) is 0 Å². The molecule has 1 rings (SSSR count). The molecule has 0 spiro atoms. The predicted octanol–water partition coefficient (Wildman–Crippen LogP) is 2.32. The van der Waals surface area contributed by atoms with Gasteiger partial charge in [0.2, 0.25) is 0 Å². The Morgan fingerprint density at radius 1 is 1.61 bits per heavy atom. The summed E-state index contributed by atoms with van der Waals surface area (Å²) in [7, 11) is 0. The molecule has 0 unspecified atom stereocenters. The molecule has 1 aromatic rings. The number of amides is 1. The Kier molecular flexibility index (Phi) is 5.46. The summed E-state index contributed by atoms with van der Waals surface area (Å²) in [5.41, 5.74) is 2.81. The molecule has 0 fully saturated rings. The zero-order chi connectivity index (χ0) is 13.4. The number of carbonyl (C=O) groups is 1. The molecule has 0 aliphatic carbocycles. The lowest BCUT2D eigenvalue weighted by atomic mass is 10.0. The lowest BCUT2D eigenvalue weighted by Crippen LogP contribution is -2.26. The SMILES string of the molecule is C=CCOC(=O)NCCc1ccc(C#N)cc1C. The molecule has 0 bridgehead atoms. The van der Waals surface area contributed by atoms with Crippen LogP contribution in [0.4, 0.5) is 4.79 Å². The second-order valence-electron chi connectivity index (χ2n) is 3.82. The van der Waals surface area contributed by atoms with Gasteiger partial charge in [0.25, 0.3) is 0 Å². The molecule has 0 aliphatic rings. The van der Waals surface area contributed by atoms with Gasteiger partial charge in [-0.15, -0.1) is 0 Å². The Balaban J connectivity index is 2.42. The number of ether oxygens (including phenoxy) is 1. The van der Waals surface area contributed by atoms with E-state index < -0.39 is 6.09 Å². The van der Waals surface area contributed by atoms with Crippen molar-refractivity contribution in [2.75, 3.05) is 13.2 Å². The predicted molar refractivity (Wildman–Crippen MR) is 69.1 cm³/mol. The van der Waals surface area contributed by atoms with Crippen LogP contribution in [0.1, 0.15) is 16.7 Å². The number of nitriles is 1. The molecular weight excluding hydrogens is 228 g/mol. The Morgan fingerprint density at radius 2 is 2.39 bits per heavy atom. The lowest BCUT2D eigenvalue weighted by molar-refractivity contribution is 0.158. The van der Waals surface area contributed by atoms with Gasteiger partial charge in [-0.25, -0.2) is 4.79 Å². The first-order valence-corrected chi connectivity index (χ1v) is 5.68. The molecule has 18 heavy (non-hydrogen) atoms. The number of alkyl carbamates (subject to hydrolysis) is 1. The number of nitrogens with zero attached hydrogens (tertiary/aromatic N) is 1. The number of nitrogens with one attached hydrogen (secondary N) is 1. The molecule has 1 N–H and O–H groups in total. The van der Waals surface area contributed by atoms with Crippen molar-refractivity contribution >= 4 is 6.09 Å². The lowest BCUT2D eigenvalue weighted by Gasteiger charge is -2.07. The molecule has 1 amide bonds. The van der Waals surface area contributed by atoms with Crippen molar-refractivity contribution in [1.82, 2.24) is 5.32 Å². The highest BCUT2D eigenvalue weighted by molar-refractivity contribution is 5.67. The van der Waals surface area contributed by atoms with Crippen LogP contribution in [-0.4, -0.2) is 19.2 Å². The van der Waals surface area contributed by atoms with E-state index >= 15 is 0 Å². The molecule has 1 aromatic carbocycles. The van der Waals surface area contributed by atoms with E-state index in [0.29, 0.717) is 18.5 Å². The second-order valence-corrected chi connectivity index (χ2v) is 3.82. The molecule has 94 valence electrons. The molecule has 0 saturated carbocycles. The summed E-state index contributed by atoms with van der Waals surface area (Å²) in [5.74, 6) is 0. The van der Waals surface area contributed by atoms with Gasteiger partial charge >= 0.3 is 6.09 Å². The number of hydrogen-bond donors (Lipinski definition) is 1. The first-order chi connectivity index (χ1) is 8.67. The molecule has 0 aliphatic heterocycles. The summed E-state index contributed by atoms with van der Waals surface area (Å²) in [6.07, 6.45) is 1.78. The van der Waals surface area contributed by atoms with Gasteiger partial charge in [-0.2, -0.15) is 5.26 Å². The Morgan fingerprint density at radius 3 is 3.00 bits per heavy atom. The first-order valence-electron chi connectivity index (χ1n) is 5.68. The largest absolute Gasteiger partial charge is 0.445 e. The molecule has 4 heteroatoms. The van der Waals surface area contributed by atoms with Crippen LogP contribution < -0.4 is 5.32 Å². The smallest absolute Gasteiger partial charge is 0.407 e. The maximum atomic E-state index is 11.2. The summed E-state index contributed by atoms with van der Waals surface area (Å²) in [5, 5.41) is 11.4. The van der Waals surface area contributed by atoms with E-state index in [2.05, 4.69) is 18.0 Å². The van der Waals surface area contributed by atoms with E-state index in [1.165, 1.54) is 6.08 Å². The molecule has 4 nitrogen and oxygen atoms in total. The van der Waals surface area contributed by atoms with E-state index in [1.807, 2.05) is 19.1 Å². The van der Waals surface area contributed by atoms with Crippen molar-refractivity contribution in [3.63, 3.8) is 0 Å². The minimum atomic E-state index is -0.443. The minimum Gasteiger partial charge on any atom is -0.445 e. The first kappa shape index (κ1) is 13.8.